The monoisotopic (exact) mass is 448 g/mol. The molecule has 1 aromatic carbocycles. The minimum atomic E-state index is -0.256. The molecule has 110 valence electrons. The van der Waals surface area contributed by atoms with Gasteiger partial charge in [0, 0.05) is 10.0 Å². The summed E-state index contributed by atoms with van der Waals surface area (Å²) in [7, 11) is 1.52. The lowest BCUT2D eigenvalue weighted by atomic mass is 10.1. The summed E-state index contributed by atoms with van der Waals surface area (Å²) in [6.45, 7) is 0. The van der Waals surface area contributed by atoms with Gasteiger partial charge in [-0.3, -0.25) is 4.79 Å². The van der Waals surface area contributed by atoms with Crippen molar-refractivity contribution < 1.29 is 9.53 Å². The number of rotatable bonds is 4. The lowest BCUT2D eigenvalue weighted by Gasteiger charge is -2.13. The molecule has 1 aromatic heterocycles. The number of methoxy groups -OCH3 is 1. The first-order valence-corrected chi connectivity index (χ1v) is 8.48. The third-order valence-corrected chi connectivity index (χ3v) is 6.09. The van der Waals surface area contributed by atoms with Crippen LogP contribution >= 0.6 is 55.4 Å². The SMILES string of the molecule is COc1cccc(C(N)=S)c1NC(=O)c1cc(Br)c(Br)s1. The van der Waals surface area contributed by atoms with Crippen LogP contribution in [0.15, 0.2) is 32.5 Å². The highest BCUT2D eigenvalue weighted by atomic mass is 79.9. The highest BCUT2D eigenvalue weighted by Gasteiger charge is 2.17. The molecule has 0 atom stereocenters. The number of anilines is 1. The molecule has 0 fully saturated rings. The summed E-state index contributed by atoms with van der Waals surface area (Å²) in [5, 5.41) is 2.81. The number of benzene rings is 1. The van der Waals surface area contributed by atoms with Crippen LogP contribution in [-0.4, -0.2) is 18.0 Å². The Morgan fingerprint density at radius 3 is 2.67 bits per heavy atom. The van der Waals surface area contributed by atoms with Gasteiger partial charge in [-0.25, -0.2) is 0 Å². The maximum absolute atomic E-state index is 12.3. The Bertz CT molecular complexity index is 697. The van der Waals surface area contributed by atoms with Crippen molar-refractivity contribution in [3.63, 3.8) is 0 Å². The van der Waals surface area contributed by atoms with E-state index >= 15 is 0 Å². The molecular formula is C13H10Br2N2O2S2. The summed E-state index contributed by atoms with van der Waals surface area (Å²) in [5.74, 6) is 0.247. The zero-order valence-electron chi connectivity index (χ0n) is 10.8. The van der Waals surface area contributed by atoms with E-state index in [4.69, 9.17) is 22.7 Å². The number of hydrogen-bond acceptors (Lipinski definition) is 4. The predicted octanol–water partition coefficient (Wildman–Crippen LogP) is 4.17. The fourth-order valence-electron chi connectivity index (χ4n) is 1.67. The van der Waals surface area contributed by atoms with Crippen molar-refractivity contribution in [1.82, 2.24) is 0 Å². The number of thiocarbonyl (C=S) groups is 1. The van der Waals surface area contributed by atoms with Gasteiger partial charge in [0.25, 0.3) is 5.91 Å². The fraction of sp³-hybridized carbons (Fsp3) is 0.0769. The van der Waals surface area contributed by atoms with Crippen LogP contribution in [-0.2, 0) is 0 Å². The molecule has 0 unspecified atom stereocenters. The summed E-state index contributed by atoms with van der Waals surface area (Å²) >= 11 is 13.0. The summed E-state index contributed by atoms with van der Waals surface area (Å²) in [6, 6.07) is 6.97. The average molecular weight is 450 g/mol. The smallest absolute Gasteiger partial charge is 0.265 e. The molecule has 1 heterocycles. The van der Waals surface area contributed by atoms with Crippen molar-refractivity contribution in [2.45, 2.75) is 0 Å². The highest BCUT2D eigenvalue weighted by Crippen LogP contribution is 2.34. The second kappa shape index (κ2) is 6.87. The van der Waals surface area contributed by atoms with E-state index < -0.39 is 0 Å². The minimum Gasteiger partial charge on any atom is -0.495 e. The van der Waals surface area contributed by atoms with Gasteiger partial charge >= 0.3 is 0 Å². The van der Waals surface area contributed by atoms with E-state index in [-0.39, 0.29) is 10.9 Å². The van der Waals surface area contributed by atoms with Gasteiger partial charge in [0.2, 0.25) is 0 Å². The van der Waals surface area contributed by atoms with E-state index in [9.17, 15) is 4.79 Å². The second-order valence-corrected chi connectivity index (χ2v) is 7.60. The number of amides is 1. The first-order valence-electron chi connectivity index (χ1n) is 5.67. The molecule has 0 aliphatic rings. The molecule has 8 heteroatoms. The van der Waals surface area contributed by atoms with E-state index in [0.29, 0.717) is 21.9 Å². The molecule has 4 nitrogen and oxygen atoms in total. The molecule has 0 aliphatic carbocycles. The number of halogens is 2. The van der Waals surface area contributed by atoms with Crippen LogP contribution in [0.5, 0.6) is 5.75 Å². The number of carbonyl (C=O) groups is 1. The summed E-state index contributed by atoms with van der Waals surface area (Å²) < 4.78 is 6.93. The van der Waals surface area contributed by atoms with Crippen LogP contribution in [0.4, 0.5) is 5.69 Å². The Morgan fingerprint density at radius 1 is 1.43 bits per heavy atom. The van der Waals surface area contributed by atoms with Crippen molar-refractivity contribution in [3.05, 3.63) is 43.0 Å². The molecular weight excluding hydrogens is 440 g/mol. The van der Waals surface area contributed by atoms with E-state index in [0.717, 1.165) is 8.26 Å². The molecule has 0 aliphatic heterocycles. The molecule has 2 aromatic rings. The van der Waals surface area contributed by atoms with E-state index in [2.05, 4.69) is 37.2 Å². The zero-order valence-corrected chi connectivity index (χ0v) is 15.6. The first kappa shape index (κ1) is 16.4. The second-order valence-electron chi connectivity index (χ2n) is 3.93. The quantitative estimate of drug-likeness (QED) is 0.687. The molecule has 2 rings (SSSR count). The van der Waals surface area contributed by atoms with Crippen LogP contribution in [0.2, 0.25) is 0 Å². The lowest BCUT2D eigenvalue weighted by Crippen LogP contribution is -2.17. The molecule has 0 spiro atoms. The van der Waals surface area contributed by atoms with Gasteiger partial charge in [-0.05, 0) is 50.1 Å². The Morgan fingerprint density at radius 2 is 2.14 bits per heavy atom. The van der Waals surface area contributed by atoms with Crippen molar-refractivity contribution in [2.24, 2.45) is 5.73 Å². The molecule has 0 bridgehead atoms. The van der Waals surface area contributed by atoms with Crippen LogP contribution in [0.25, 0.3) is 0 Å². The Labute approximate surface area is 147 Å². The highest BCUT2D eigenvalue weighted by molar-refractivity contribution is 9.13. The standard InChI is InChI=1S/C13H10Br2N2O2S2/c1-19-8-4-2-3-6(12(16)20)10(8)17-13(18)9-5-7(14)11(15)21-9/h2-5H,1H3,(H2,16,20)(H,17,18). The van der Waals surface area contributed by atoms with Gasteiger partial charge in [0.05, 0.1) is 21.5 Å². The van der Waals surface area contributed by atoms with Crippen molar-refractivity contribution >= 4 is 72.0 Å². The average Bonchev–Trinajstić information content (AvgIpc) is 2.78. The number of para-hydroxylation sites is 1. The Hall–Kier alpha value is -0.960. The fourth-order valence-corrected chi connectivity index (χ4v) is 3.77. The molecule has 21 heavy (non-hydrogen) atoms. The van der Waals surface area contributed by atoms with Gasteiger partial charge < -0.3 is 15.8 Å². The summed E-state index contributed by atoms with van der Waals surface area (Å²) in [4.78, 5) is 13.1. The van der Waals surface area contributed by atoms with Crippen molar-refractivity contribution in [3.8, 4) is 5.75 Å². The maximum Gasteiger partial charge on any atom is 0.265 e. The van der Waals surface area contributed by atoms with Gasteiger partial charge in [0.1, 0.15) is 10.7 Å². The first-order chi connectivity index (χ1) is 9.93. The topological polar surface area (TPSA) is 64.3 Å². The number of carbonyl (C=O) groups excluding carboxylic acids is 1. The molecule has 3 N–H and O–H groups in total. The number of nitrogens with one attached hydrogen (secondary N) is 1. The molecule has 0 saturated heterocycles. The van der Waals surface area contributed by atoms with Gasteiger partial charge in [-0.15, -0.1) is 11.3 Å². The van der Waals surface area contributed by atoms with Crippen LogP contribution in [0, 0.1) is 0 Å². The van der Waals surface area contributed by atoms with Crippen LogP contribution in [0.1, 0.15) is 15.2 Å². The van der Waals surface area contributed by atoms with Crippen molar-refractivity contribution in [1.29, 1.82) is 0 Å². The van der Waals surface area contributed by atoms with Gasteiger partial charge in [-0.1, -0.05) is 18.3 Å². The lowest BCUT2D eigenvalue weighted by molar-refractivity contribution is 0.103. The third-order valence-electron chi connectivity index (χ3n) is 2.62. The number of thiophene rings is 1. The summed E-state index contributed by atoms with van der Waals surface area (Å²) in [5.41, 5.74) is 6.73. The molecule has 0 radical (unpaired) electrons. The number of ether oxygens (including phenoxy) is 1. The van der Waals surface area contributed by atoms with E-state index in [1.54, 1.807) is 24.3 Å². The third kappa shape index (κ3) is 3.63. The predicted molar refractivity (Wildman–Crippen MR) is 96.6 cm³/mol. The number of nitrogens with two attached hydrogens (primary N) is 1. The zero-order chi connectivity index (χ0) is 15.6. The van der Waals surface area contributed by atoms with Gasteiger partial charge in [-0.2, -0.15) is 0 Å². The maximum atomic E-state index is 12.3. The molecule has 0 saturated carbocycles. The molecule has 1 amide bonds. The Kier molecular flexibility index (Phi) is 5.37. The largest absolute Gasteiger partial charge is 0.495 e. The van der Waals surface area contributed by atoms with E-state index in [1.807, 2.05) is 0 Å². The van der Waals surface area contributed by atoms with Crippen molar-refractivity contribution in [2.75, 3.05) is 12.4 Å². The normalized spacial score (nSPS) is 10.2. The van der Waals surface area contributed by atoms with Crippen LogP contribution < -0.4 is 15.8 Å². The van der Waals surface area contributed by atoms with Gasteiger partial charge in [0.15, 0.2) is 0 Å². The summed E-state index contributed by atoms with van der Waals surface area (Å²) in [6.07, 6.45) is 0. The van der Waals surface area contributed by atoms with Crippen LogP contribution in [0.3, 0.4) is 0 Å². The Balaban J connectivity index is 2.38. The van der Waals surface area contributed by atoms with E-state index in [1.165, 1.54) is 18.4 Å². The number of hydrogen-bond donors (Lipinski definition) is 2. The minimum absolute atomic E-state index is 0.192.